The van der Waals surface area contributed by atoms with Crippen LogP contribution in [0, 0.1) is 23.2 Å². The highest BCUT2D eigenvalue weighted by Crippen LogP contribution is 2.56. The highest BCUT2D eigenvalue weighted by Gasteiger charge is 2.54. The number of amides is 1. The molecule has 4 rings (SSSR count). The summed E-state index contributed by atoms with van der Waals surface area (Å²) >= 11 is 0. The number of ether oxygens (including phenoxy) is 4. The van der Waals surface area contributed by atoms with Gasteiger partial charge in [-0.15, -0.1) is 0 Å². The Morgan fingerprint density at radius 1 is 1.28 bits per heavy atom. The topological polar surface area (TPSA) is 66.0 Å². The molecular formula is C23H31NO5. The first kappa shape index (κ1) is 20.1. The average Bonchev–Trinajstić information content (AvgIpc) is 3.12. The third-order valence-electron chi connectivity index (χ3n) is 6.85. The standard InChI is InChI=1S/C23H31NO5/c1-13(2)24-22(25)27-11-23-10-26-21(20(16(23)5)14(3)8-15(23)4)17-6-7-18-19(9-17)29-12-28-18/h6-9,13,15-16,20-21H,10-12H2,1-5H3,(H,24,25)/t15-,16-,20-,21-,23-/m1/s1. The average molecular weight is 402 g/mol. The van der Waals surface area contributed by atoms with Gasteiger partial charge >= 0.3 is 6.09 Å². The molecule has 1 saturated heterocycles. The van der Waals surface area contributed by atoms with Crippen molar-refractivity contribution >= 4 is 6.09 Å². The lowest BCUT2D eigenvalue weighted by molar-refractivity contribution is -0.165. The molecule has 2 heterocycles. The number of benzene rings is 1. The lowest BCUT2D eigenvalue weighted by Gasteiger charge is -2.55. The molecule has 6 nitrogen and oxygen atoms in total. The smallest absolute Gasteiger partial charge is 0.407 e. The monoisotopic (exact) mass is 401 g/mol. The Morgan fingerprint density at radius 2 is 2.03 bits per heavy atom. The molecule has 1 N–H and O–H groups in total. The molecule has 2 aliphatic heterocycles. The summed E-state index contributed by atoms with van der Waals surface area (Å²) in [6, 6.07) is 6.10. The molecule has 3 aliphatic rings. The second-order valence-electron chi connectivity index (χ2n) is 8.97. The van der Waals surface area contributed by atoms with E-state index in [1.54, 1.807) is 0 Å². The number of fused-ring (bicyclic) bond motifs is 3. The Kier molecular flexibility index (Phi) is 5.23. The summed E-state index contributed by atoms with van der Waals surface area (Å²) in [4.78, 5) is 12.1. The SMILES string of the molecule is CC1=C[C@@H](C)[C@]2(COC(=O)NC(C)C)CO[C@H](c3ccc4c(c3)OCO4)[C@H]1[C@H]2C. The number of carbonyl (C=O) groups excluding carboxylic acids is 1. The summed E-state index contributed by atoms with van der Waals surface area (Å²) in [5.74, 6) is 2.34. The minimum absolute atomic E-state index is 0.0501. The van der Waals surface area contributed by atoms with E-state index in [2.05, 4.69) is 38.2 Å². The predicted molar refractivity (Wildman–Crippen MR) is 109 cm³/mol. The highest BCUT2D eigenvalue weighted by atomic mass is 16.7. The number of alkyl carbamates (subject to hydrolysis) is 1. The fourth-order valence-corrected chi connectivity index (χ4v) is 5.13. The molecular weight excluding hydrogens is 370 g/mol. The van der Waals surface area contributed by atoms with Crippen molar-refractivity contribution in [3.05, 3.63) is 35.4 Å². The van der Waals surface area contributed by atoms with Crippen LogP contribution in [-0.2, 0) is 9.47 Å². The molecule has 1 aromatic rings. The Balaban J connectivity index is 1.58. The van der Waals surface area contributed by atoms with Crippen LogP contribution in [0.1, 0.15) is 46.3 Å². The van der Waals surface area contributed by atoms with Gasteiger partial charge in [0.15, 0.2) is 11.5 Å². The normalized spacial score (nSPS) is 32.7. The van der Waals surface area contributed by atoms with Gasteiger partial charge in [-0.3, -0.25) is 0 Å². The van der Waals surface area contributed by atoms with Gasteiger partial charge in [0.05, 0.1) is 12.7 Å². The van der Waals surface area contributed by atoms with E-state index < -0.39 is 0 Å². The van der Waals surface area contributed by atoms with Gasteiger partial charge in [-0.1, -0.05) is 31.6 Å². The maximum Gasteiger partial charge on any atom is 0.407 e. The molecule has 0 radical (unpaired) electrons. The molecule has 1 aliphatic carbocycles. The third-order valence-corrected chi connectivity index (χ3v) is 6.85. The molecule has 5 atom stereocenters. The van der Waals surface area contributed by atoms with E-state index in [1.807, 2.05) is 26.0 Å². The van der Waals surface area contributed by atoms with Crippen molar-refractivity contribution in [2.24, 2.45) is 23.2 Å². The van der Waals surface area contributed by atoms with E-state index in [4.69, 9.17) is 18.9 Å². The van der Waals surface area contributed by atoms with Gasteiger partial charge in [-0.2, -0.15) is 0 Å². The Bertz CT molecular complexity index is 819. The summed E-state index contributed by atoms with van der Waals surface area (Å²) in [5.41, 5.74) is 2.20. The van der Waals surface area contributed by atoms with Crippen LogP contribution >= 0.6 is 0 Å². The van der Waals surface area contributed by atoms with Crippen LogP contribution in [0.15, 0.2) is 29.8 Å². The van der Waals surface area contributed by atoms with Crippen LogP contribution in [0.3, 0.4) is 0 Å². The quantitative estimate of drug-likeness (QED) is 0.755. The van der Waals surface area contributed by atoms with Crippen LogP contribution in [0.4, 0.5) is 4.79 Å². The summed E-state index contributed by atoms with van der Waals surface area (Å²) in [6.07, 6.45) is 1.91. The zero-order chi connectivity index (χ0) is 20.8. The molecule has 0 spiro atoms. The zero-order valence-corrected chi connectivity index (χ0v) is 17.9. The molecule has 0 unspecified atom stereocenters. The Morgan fingerprint density at radius 3 is 2.79 bits per heavy atom. The van der Waals surface area contributed by atoms with E-state index in [0.29, 0.717) is 19.1 Å². The highest BCUT2D eigenvalue weighted by molar-refractivity contribution is 5.67. The molecule has 6 heteroatoms. The number of nitrogens with one attached hydrogen (secondary N) is 1. The maximum atomic E-state index is 12.1. The molecule has 2 bridgehead atoms. The zero-order valence-electron chi connectivity index (χ0n) is 17.9. The minimum Gasteiger partial charge on any atom is -0.454 e. The second kappa shape index (κ2) is 7.56. The lowest BCUT2D eigenvalue weighted by atomic mass is 9.56. The Hall–Kier alpha value is -2.21. The number of carbonyl (C=O) groups is 1. The number of hydrogen-bond donors (Lipinski definition) is 1. The predicted octanol–water partition coefficient (Wildman–Crippen LogP) is 4.46. The fourth-order valence-electron chi connectivity index (χ4n) is 5.13. The second-order valence-corrected chi connectivity index (χ2v) is 8.97. The van der Waals surface area contributed by atoms with Crippen molar-refractivity contribution in [1.82, 2.24) is 5.32 Å². The van der Waals surface area contributed by atoms with E-state index in [1.165, 1.54) is 5.57 Å². The van der Waals surface area contributed by atoms with E-state index in [0.717, 1.165) is 17.1 Å². The Labute approximate surface area is 172 Å². The van der Waals surface area contributed by atoms with Crippen LogP contribution < -0.4 is 14.8 Å². The fraction of sp³-hybridized carbons (Fsp3) is 0.609. The number of allylic oxidation sites excluding steroid dienone is 1. The van der Waals surface area contributed by atoms with Gasteiger partial charge in [0.2, 0.25) is 6.79 Å². The van der Waals surface area contributed by atoms with Gasteiger partial charge in [0, 0.05) is 17.4 Å². The van der Waals surface area contributed by atoms with Gasteiger partial charge in [-0.25, -0.2) is 4.79 Å². The maximum absolute atomic E-state index is 12.1. The molecule has 0 aromatic heterocycles. The largest absolute Gasteiger partial charge is 0.454 e. The first-order valence-corrected chi connectivity index (χ1v) is 10.4. The van der Waals surface area contributed by atoms with Gasteiger partial charge < -0.3 is 24.3 Å². The lowest BCUT2D eigenvalue weighted by Crippen LogP contribution is -2.55. The molecule has 1 fully saturated rings. The molecule has 29 heavy (non-hydrogen) atoms. The van der Waals surface area contributed by atoms with Crippen molar-refractivity contribution in [3.63, 3.8) is 0 Å². The number of rotatable bonds is 4. The summed E-state index contributed by atoms with van der Waals surface area (Å²) in [6.45, 7) is 11.7. The molecule has 1 amide bonds. The summed E-state index contributed by atoms with van der Waals surface area (Å²) in [5, 5.41) is 2.81. The van der Waals surface area contributed by atoms with Crippen molar-refractivity contribution in [2.75, 3.05) is 20.0 Å². The third kappa shape index (κ3) is 3.48. The molecule has 0 saturated carbocycles. The molecule has 1 aromatic carbocycles. The van der Waals surface area contributed by atoms with Gasteiger partial charge in [0.1, 0.15) is 6.61 Å². The van der Waals surface area contributed by atoms with E-state index in [9.17, 15) is 4.79 Å². The van der Waals surface area contributed by atoms with Crippen molar-refractivity contribution in [1.29, 1.82) is 0 Å². The minimum atomic E-state index is -0.366. The summed E-state index contributed by atoms with van der Waals surface area (Å²) < 4.78 is 23.1. The van der Waals surface area contributed by atoms with E-state index >= 15 is 0 Å². The molecule has 158 valence electrons. The van der Waals surface area contributed by atoms with E-state index in [-0.39, 0.29) is 42.3 Å². The van der Waals surface area contributed by atoms with Gasteiger partial charge in [-0.05, 0) is 50.3 Å². The van der Waals surface area contributed by atoms with Crippen molar-refractivity contribution < 1.29 is 23.7 Å². The summed E-state index contributed by atoms with van der Waals surface area (Å²) in [7, 11) is 0. The first-order valence-electron chi connectivity index (χ1n) is 10.4. The van der Waals surface area contributed by atoms with Crippen LogP contribution in [-0.4, -0.2) is 32.1 Å². The first-order chi connectivity index (χ1) is 13.8. The number of hydrogen-bond acceptors (Lipinski definition) is 5. The van der Waals surface area contributed by atoms with Crippen LogP contribution in [0.2, 0.25) is 0 Å². The van der Waals surface area contributed by atoms with Crippen LogP contribution in [0.25, 0.3) is 0 Å². The van der Waals surface area contributed by atoms with Crippen molar-refractivity contribution in [2.45, 2.75) is 46.8 Å². The van der Waals surface area contributed by atoms with Crippen molar-refractivity contribution in [3.8, 4) is 11.5 Å². The van der Waals surface area contributed by atoms with Gasteiger partial charge in [0.25, 0.3) is 0 Å². The van der Waals surface area contributed by atoms with Crippen LogP contribution in [0.5, 0.6) is 11.5 Å².